The Morgan fingerprint density at radius 3 is 2.88 bits per heavy atom. The molecule has 0 aromatic carbocycles. The molecule has 0 bridgehead atoms. The number of aryl methyl sites for hydroxylation is 1. The molecule has 2 fully saturated rings. The summed E-state index contributed by atoms with van der Waals surface area (Å²) in [7, 11) is 0. The van der Waals surface area contributed by atoms with Crippen LogP contribution in [0.5, 0.6) is 0 Å². The highest BCUT2D eigenvalue weighted by Gasteiger charge is 2.54. The van der Waals surface area contributed by atoms with Gasteiger partial charge >= 0.3 is 5.97 Å². The number of hydrogen-bond donors (Lipinski definition) is 1. The molecule has 0 spiro atoms. The topological polar surface area (TPSA) is 106 Å². The van der Waals surface area contributed by atoms with Crippen molar-refractivity contribution in [2.45, 2.75) is 39.0 Å². The molecule has 0 unspecified atom stereocenters. The summed E-state index contributed by atoms with van der Waals surface area (Å²) in [5, 5.41) is 13.5. The van der Waals surface area contributed by atoms with E-state index in [9.17, 15) is 14.7 Å². The number of likely N-dealkylation sites (tertiary alicyclic amines) is 1. The molecular weight excluding hydrogens is 314 g/mol. The molecule has 8 heteroatoms. The van der Waals surface area contributed by atoms with Crippen molar-refractivity contribution in [2.75, 3.05) is 26.3 Å². The van der Waals surface area contributed by atoms with Gasteiger partial charge in [-0.2, -0.15) is 4.98 Å². The highest BCUT2D eigenvalue weighted by Crippen LogP contribution is 2.42. The van der Waals surface area contributed by atoms with Crippen LogP contribution < -0.4 is 0 Å². The van der Waals surface area contributed by atoms with Crippen LogP contribution in [0.4, 0.5) is 0 Å². The zero-order chi connectivity index (χ0) is 17.3. The van der Waals surface area contributed by atoms with Gasteiger partial charge in [0.2, 0.25) is 11.8 Å². The second kappa shape index (κ2) is 6.51. The van der Waals surface area contributed by atoms with Gasteiger partial charge in [-0.1, -0.05) is 19.0 Å². The van der Waals surface area contributed by atoms with E-state index in [2.05, 4.69) is 10.1 Å². The van der Waals surface area contributed by atoms with Crippen molar-refractivity contribution in [3.63, 3.8) is 0 Å². The first-order chi connectivity index (χ1) is 11.4. The molecule has 0 radical (unpaired) electrons. The fraction of sp³-hybridized carbons (Fsp3) is 0.750. The van der Waals surface area contributed by atoms with Crippen molar-refractivity contribution >= 4 is 11.9 Å². The molecular formula is C16H23N3O5. The first-order valence-corrected chi connectivity index (χ1v) is 8.34. The third-order valence-electron chi connectivity index (χ3n) is 5.04. The van der Waals surface area contributed by atoms with Crippen molar-refractivity contribution in [1.82, 2.24) is 15.0 Å². The lowest BCUT2D eigenvalue weighted by Gasteiger charge is -2.33. The van der Waals surface area contributed by atoms with Gasteiger partial charge in [-0.3, -0.25) is 9.59 Å². The molecule has 2 aliphatic rings. The predicted octanol–water partition coefficient (Wildman–Crippen LogP) is 1.08. The molecule has 8 nitrogen and oxygen atoms in total. The molecule has 1 N–H and O–H groups in total. The lowest BCUT2D eigenvalue weighted by molar-refractivity contribution is -0.157. The molecule has 3 rings (SSSR count). The van der Waals surface area contributed by atoms with Gasteiger partial charge in [0, 0.05) is 44.4 Å². The normalized spacial score (nSPS) is 26.6. The summed E-state index contributed by atoms with van der Waals surface area (Å²) in [6.45, 7) is 5.48. The van der Waals surface area contributed by atoms with Gasteiger partial charge in [-0.05, 0) is 6.42 Å². The number of ether oxygens (including phenoxy) is 1. The number of carboxylic acid groups (broad SMARTS) is 1. The molecule has 132 valence electrons. The van der Waals surface area contributed by atoms with Crippen molar-refractivity contribution < 1.29 is 24.0 Å². The number of aromatic nitrogens is 2. The molecule has 1 aromatic heterocycles. The third kappa shape index (κ3) is 3.02. The van der Waals surface area contributed by atoms with Gasteiger partial charge in [0.15, 0.2) is 5.82 Å². The summed E-state index contributed by atoms with van der Waals surface area (Å²) in [4.78, 5) is 30.1. The summed E-state index contributed by atoms with van der Waals surface area (Å²) >= 11 is 0. The zero-order valence-corrected chi connectivity index (χ0v) is 14.0. The fourth-order valence-electron chi connectivity index (χ4n) is 3.47. The Balaban J connectivity index is 1.60. The standard InChI is InChI=1S/C16H23N3O5/c1-10(2)14-17-12(24-18-14)3-4-13(20)19-7-11-8-23-6-5-16(11,9-19)15(21)22/h10-11H,3-9H2,1-2H3,(H,21,22)/t11-,16+/m0/s1. The first kappa shape index (κ1) is 16.9. The molecule has 24 heavy (non-hydrogen) atoms. The van der Waals surface area contributed by atoms with Crippen LogP contribution in [0.25, 0.3) is 0 Å². The second-order valence-electron chi connectivity index (χ2n) is 6.96. The monoisotopic (exact) mass is 337 g/mol. The SMILES string of the molecule is CC(C)c1noc(CCC(=O)N2C[C@H]3COCC[C@@]3(C(=O)O)C2)n1. The van der Waals surface area contributed by atoms with Crippen molar-refractivity contribution in [3.05, 3.63) is 11.7 Å². The highest BCUT2D eigenvalue weighted by atomic mass is 16.5. The number of carboxylic acids is 1. The largest absolute Gasteiger partial charge is 0.481 e. The van der Waals surface area contributed by atoms with E-state index in [0.717, 1.165) is 0 Å². The van der Waals surface area contributed by atoms with Crippen LogP contribution in [0, 0.1) is 11.3 Å². The fourth-order valence-corrected chi connectivity index (χ4v) is 3.47. The lowest BCUT2D eigenvalue weighted by atomic mass is 9.74. The van der Waals surface area contributed by atoms with Crippen molar-refractivity contribution in [2.24, 2.45) is 11.3 Å². The number of aliphatic carboxylic acids is 1. The van der Waals surface area contributed by atoms with Crippen LogP contribution >= 0.6 is 0 Å². The van der Waals surface area contributed by atoms with E-state index in [-0.39, 0.29) is 30.7 Å². The highest BCUT2D eigenvalue weighted by molar-refractivity contribution is 5.81. The molecule has 2 saturated heterocycles. The minimum atomic E-state index is -0.858. The number of amides is 1. The van der Waals surface area contributed by atoms with Gasteiger partial charge in [0.1, 0.15) is 0 Å². The number of carbonyl (C=O) groups is 2. The number of fused-ring (bicyclic) bond motifs is 1. The van der Waals surface area contributed by atoms with Gasteiger partial charge in [0.25, 0.3) is 0 Å². The van der Waals surface area contributed by atoms with Gasteiger partial charge in [0.05, 0.1) is 12.0 Å². The van der Waals surface area contributed by atoms with Crippen LogP contribution in [0.3, 0.4) is 0 Å². The van der Waals surface area contributed by atoms with Gasteiger partial charge in [-0.25, -0.2) is 0 Å². The lowest BCUT2D eigenvalue weighted by Crippen LogP contribution is -2.45. The molecule has 0 saturated carbocycles. The van der Waals surface area contributed by atoms with E-state index < -0.39 is 11.4 Å². The predicted molar refractivity (Wildman–Crippen MR) is 82.3 cm³/mol. The molecule has 2 aliphatic heterocycles. The number of nitrogens with zero attached hydrogens (tertiary/aromatic N) is 3. The molecule has 3 heterocycles. The van der Waals surface area contributed by atoms with E-state index in [1.807, 2.05) is 13.8 Å². The zero-order valence-electron chi connectivity index (χ0n) is 14.0. The minimum Gasteiger partial charge on any atom is -0.481 e. The molecule has 2 atom stereocenters. The van der Waals surface area contributed by atoms with Crippen LogP contribution in [-0.4, -0.2) is 58.3 Å². The van der Waals surface area contributed by atoms with Crippen molar-refractivity contribution in [3.8, 4) is 0 Å². The third-order valence-corrected chi connectivity index (χ3v) is 5.04. The minimum absolute atomic E-state index is 0.0747. The summed E-state index contributed by atoms with van der Waals surface area (Å²) in [6.07, 6.45) is 1.07. The van der Waals surface area contributed by atoms with E-state index in [1.54, 1.807) is 4.90 Å². The van der Waals surface area contributed by atoms with Crippen LogP contribution in [-0.2, 0) is 20.7 Å². The Morgan fingerprint density at radius 1 is 1.46 bits per heavy atom. The van der Waals surface area contributed by atoms with E-state index in [0.29, 0.717) is 44.3 Å². The summed E-state index contributed by atoms with van der Waals surface area (Å²) in [5.74, 6) is 0.212. The summed E-state index contributed by atoms with van der Waals surface area (Å²) in [6, 6.07) is 0. The number of carbonyl (C=O) groups excluding carboxylic acids is 1. The van der Waals surface area contributed by atoms with Gasteiger partial charge < -0.3 is 19.3 Å². The molecule has 1 amide bonds. The van der Waals surface area contributed by atoms with Gasteiger partial charge in [-0.15, -0.1) is 0 Å². The number of rotatable bonds is 5. The van der Waals surface area contributed by atoms with Crippen LogP contribution in [0.15, 0.2) is 4.52 Å². The average molecular weight is 337 g/mol. The molecule has 0 aliphatic carbocycles. The Kier molecular flexibility index (Phi) is 4.58. The second-order valence-corrected chi connectivity index (χ2v) is 6.96. The van der Waals surface area contributed by atoms with Crippen LogP contribution in [0.1, 0.15) is 44.3 Å². The maximum absolute atomic E-state index is 12.5. The summed E-state index contributed by atoms with van der Waals surface area (Å²) in [5.41, 5.74) is -0.858. The Labute approximate surface area is 140 Å². The first-order valence-electron chi connectivity index (χ1n) is 8.34. The summed E-state index contributed by atoms with van der Waals surface area (Å²) < 4.78 is 10.6. The van der Waals surface area contributed by atoms with E-state index >= 15 is 0 Å². The Bertz CT molecular complexity index is 629. The maximum Gasteiger partial charge on any atom is 0.311 e. The Morgan fingerprint density at radius 2 is 2.25 bits per heavy atom. The Hall–Kier alpha value is -1.96. The maximum atomic E-state index is 12.5. The number of hydrogen-bond acceptors (Lipinski definition) is 6. The average Bonchev–Trinajstić information content (AvgIpc) is 3.17. The van der Waals surface area contributed by atoms with Crippen LogP contribution in [0.2, 0.25) is 0 Å². The van der Waals surface area contributed by atoms with Crippen molar-refractivity contribution in [1.29, 1.82) is 0 Å². The smallest absolute Gasteiger partial charge is 0.311 e. The molecule has 1 aromatic rings. The van der Waals surface area contributed by atoms with E-state index in [4.69, 9.17) is 9.26 Å². The quantitative estimate of drug-likeness (QED) is 0.856. The van der Waals surface area contributed by atoms with E-state index in [1.165, 1.54) is 0 Å².